The molecular weight excluding hydrogens is 372 g/mol. The van der Waals surface area contributed by atoms with Crippen LogP contribution in [-0.4, -0.2) is 50.4 Å². The highest BCUT2D eigenvalue weighted by atomic mass is 16.5. The molecule has 1 aliphatic carbocycles. The van der Waals surface area contributed by atoms with Crippen LogP contribution in [0.15, 0.2) is 4.52 Å². The van der Waals surface area contributed by atoms with E-state index in [1.54, 1.807) is 0 Å². The van der Waals surface area contributed by atoms with E-state index in [4.69, 9.17) is 21.1 Å². The number of aliphatic carboxylic acids is 1. The number of hydrogen-bond donors (Lipinski definition) is 6. The molecule has 12 nitrogen and oxygen atoms in total. The van der Waals surface area contributed by atoms with Gasteiger partial charge in [0.1, 0.15) is 6.04 Å². The van der Waals surface area contributed by atoms with Gasteiger partial charge in [0.15, 0.2) is 11.9 Å². The Hall–Kier alpha value is -2.73. The number of hydrogen-bond acceptors (Lipinski definition) is 8. The fraction of sp³-hybridized carbons (Fsp3) is 0.688. The van der Waals surface area contributed by atoms with Gasteiger partial charge in [-0.15, -0.1) is 0 Å². The van der Waals surface area contributed by atoms with Gasteiger partial charge in [-0.1, -0.05) is 24.4 Å². The molecule has 1 heterocycles. The minimum Gasteiger partial charge on any atom is -0.480 e. The zero-order chi connectivity index (χ0) is 20.9. The molecule has 1 aliphatic rings. The maximum atomic E-state index is 12.1. The first-order valence-corrected chi connectivity index (χ1v) is 9.01. The predicted octanol–water partition coefficient (Wildman–Crippen LogP) is -0.763. The van der Waals surface area contributed by atoms with Crippen molar-refractivity contribution in [3.05, 3.63) is 11.7 Å². The fourth-order valence-electron chi connectivity index (χ4n) is 3.12. The second kappa shape index (κ2) is 8.97. The van der Waals surface area contributed by atoms with Gasteiger partial charge in [0.05, 0.1) is 18.1 Å². The fourth-order valence-corrected chi connectivity index (χ4v) is 3.12. The lowest BCUT2D eigenvalue weighted by Gasteiger charge is -2.29. The number of rotatable bonds is 8. The van der Waals surface area contributed by atoms with E-state index in [1.807, 2.05) is 0 Å². The topological polar surface area (TPSA) is 207 Å². The smallest absolute Gasteiger partial charge is 0.328 e. The molecule has 28 heavy (non-hydrogen) atoms. The van der Waals surface area contributed by atoms with E-state index >= 15 is 0 Å². The van der Waals surface area contributed by atoms with Crippen LogP contribution in [0.1, 0.15) is 63.2 Å². The Bertz CT molecular complexity index is 714. The van der Waals surface area contributed by atoms with Gasteiger partial charge in [-0.2, -0.15) is 4.98 Å². The molecule has 1 aromatic rings. The molecule has 3 atom stereocenters. The molecule has 1 aromatic heterocycles. The van der Waals surface area contributed by atoms with Gasteiger partial charge >= 0.3 is 12.0 Å². The van der Waals surface area contributed by atoms with Crippen molar-refractivity contribution in [2.24, 2.45) is 11.5 Å². The first-order chi connectivity index (χ1) is 13.1. The number of carboxylic acid groups (broad SMARTS) is 1. The number of aliphatic hydroxyl groups is 1. The third-order valence-electron chi connectivity index (χ3n) is 4.68. The summed E-state index contributed by atoms with van der Waals surface area (Å²) in [6, 6.07) is -3.56. The second-order valence-electron chi connectivity index (χ2n) is 7.07. The summed E-state index contributed by atoms with van der Waals surface area (Å²) in [4.78, 5) is 38.8. The van der Waals surface area contributed by atoms with Crippen molar-refractivity contribution in [2.75, 3.05) is 0 Å². The molecule has 0 radical (unpaired) electrons. The normalized spacial score (nSPS) is 19.2. The number of aliphatic hydroxyl groups excluding tert-OH is 1. The maximum Gasteiger partial charge on any atom is 0.328 e. The first kappa shape index (κ1) is 21.6. The van der Waals surface area contributed by atoms with Crippen LogP contribution in [0.3, 0.4) is 0 Å². The number of carbonyl (C=O) groups excluding carboxylic acids is 2. The minimum atomic E-state index is -1.54. The van der Waals surface area contributed by atoms with E-state index in [0.717, 1.165) is 19.3 Å². The predicted molar refractivity (Wildman–Crippen MR) is 94.6 cm³/mol. The summed E-state index contributed by atoms with van der Waals surface area (Å²) in [6.07, 6.45) is 2.63. The zero-order valence-electron chi connectivity index (χ0n) is 15.6. The van der Waals surface area contributed by atoms with Crippen LogP contribution in [0.4, 0.5) is 4.79 Å². The molecule has 0 aliphatic heterocycles. The molecule has 0 unspecified atom stereocenters. The largest absolute Gasteiger partial charge is 0.480 e. The highest BCUT2D eigenvalue weighted by Crippen LogP contribution is 2.33. The van der Waals surface area contributed by atoms with Crippen molar-refractivity contribution < 1.29 is 29.1 Å². The Kier molecular flexibility index (Phi) is 6.91. The van der Waals surface area contributed by atoms with Crippen molar-refractivity contribution in [1.29, 1.82) is 0 Å². The molecular formula is C16H26N6O6. The van der Waals surface area contributed by atoms with Crippen LogP contribution in [0, 0.1) is 0 Å². The van der Waals surface area contributed by atoms with E-state index in [1.165, 1.54) is 6.92 Å². The standard InChI is InChI=1S/C16H26N6O6/c1-8(23)11(13(25)26)20-15(27)19-9(7-10(17)24)12-21-14(22-28-12)16(18)5-3-2-4-6-16/h8-9,11,23H,2-7,18H2,1H3,(H2,17,24)(H,25,26)(H2,19,20,27)/t8-,9-,11-/m0/s1. The van der Waals surface area contributed by atoms with Crippen LogP contribution in [-0.2, 0) is 15.1 Å². The molecule has 156 valence electrons. The van der Waals surface area contributed by atoms with Gasteiger partial charge < -0.3 is 36.8 Å². The van der Waals surface area contributed by atoms with Crippen molar-refractivity contribution in [3.8, 4) is 0 Å². The summed E-state index contributed by atoms with van der Waals surface area (Å²) < 4.78 is 5.19. The Balaban J connectivity index is 2.14. The van der Waals surface area contributed by atoms with Crippen LogP contribution in [0.5, 0.6) is 0 Å². The quantitative estimate of drug-likeness (QED) is 0.324. The molecule has 3 amide bonds. The SMILES string of the molecule is C[C@H](O)[C@H](NC(=O)N[C@@H](CC(N)=O)c1nc(C2(N)CCCCC2)no1)C(=O)O. The molecule has 12 heteroatoms. The highest BCUT2D eigenvalue weighted by molar-refractivity contribution is 5.83. The summed E-state index contributed by atoms with van der Waals surface area (Å²) in [7, 11) is 0. The molecule has 8 N–H and O–H groups in total. The van der Waals surface area contributed by atoms with Crippen molar-refractivity contribution in [3.63, 3.8) is 0 Å². The monoisotopic (exact) mass is 398 g/mol. The number of nitrogens with two attached hydrogens (primary N) is 2. The van der Waals surface area contributed by atoms with Gasteiger partial charge in [0.25, 0.3) is 0 Å². The lowest BCUT2D eigenvalue weighted by Crippen LogP contribution is -2.52. The van der Waals surface area contributed by atoms with E-state index in [2.05, 4.69) is 20.8 Å². The Morgan fingerprint density at radius 3 is 2.43 bits per heavy atom. The van der Waals surface area contributed by atoms with Crippen molar-refractivity contribution in [2.45, 2.75) is 69.2 Å². The molecule has 0 saturated heterocycles. The lowest BCUT2D eigenvalue weighted by molar-refractivity contribution is -0.141. The van der Waals surface area contributed by atoms with Gasteiger partial charge in [-0.3, -0.25) is 4.79 Å². The molecule has 1 saturated carbocycles. The Labute approximate surface area is 161 Å². The number of nitrogens with one attached hydrogen (secondary N) is 2. The number of amides is 3. The molecule has 2 rings (SSSR count). The van der Waals surface area contributed by atoms with Crippen LogP contribution in [0.2, 0.25) is 0 Å². The Morgan fingerprint density at radius 1 is 1.25 bits per heavy atom. The number of nitrogens with zero attached hydrogens (tertiary/aromatic N) is 2. The zero-order valence-corrected chi connectivity index (χ0v) is 15.6. The third kappa shape index (κ3) is 5.39. The number of carboxylic acids is 1. The maximum absolute atomic E-state index is 12.1. The first-order valence-electron chi connectivity index (χ1n) is 9.01. The van der Waals surface area contributed by atoms with E-state index in [-0.39, 0.29) is 18.1 Å². The average molecular weight is 398 g/mol. The lowest BCUT2D eigenvalue weighted by atomic mass is 9.82. The highest BCUT2D eigenvalue weighted by Gasteiger charge is 2.36. The molecule has 1 fully saturated rings. The van der Waals surface area contributed by atoms with Gasteiger partial charge in [-0.25, -0.2) is 9.59 Å². The second-order valence-corrected chi connectivity index (χ2v) is 7.07. The number of primary amides is 1. The van der Waals surface area contributed by atoms with Crippen LogP contribution in [0.25, 0.3) is 0 Å². The molecule has 0 spiro atoms. The van der Waals surface area contributed by atoms with Gasteiger partial charge in [0, 0.05) is 0 Å². The Morgan fingerprint density at radius 2 is 1.89 bits per heavy atom. The number of urea groups is 1. The summed E-state index contributed by atoms with van der Waals surface area (Å²) in [5.41, 5.74) is 10.8. The summed E-state index contributed by atoms with van der Waals surface area (Å²) >= 11 is 0. The van der Waals surface area contributed by atoms with E-state index < -0.39 is 41.6 Å². The van der Waals surface area contributed by atoms with Gasteiger partial charge in [-0.05, 0) is 19.8 Å². The average Bonchev–Trinajstić information content (AvgIpc) is 3.10. The summed E-state index contributed by atoms with van der Waals surface area (Å²) in [5.74, 6) is -1.94. The van der Waals surface area contributed by atoms with Gasteiger partial charge in [0.2, 0.25) is 11.8 Å². The van der Waals surface area contributed by atoms with Crippen molar-refractivity contribution >= 4 is 17.9 Å². The van der Waals surface area contributed by atoms with Crippen LogP contribution < -0.4 is 22.1 Å². The number of carbonyl (C=O) groups is 3. The summed E-state index contributed by atoms with van der Waals surface area (Å²) in [6.45, 7) is 1.22. The number of aromatic nitrogens is 2. The summed E-state index contributed by atoms with van der Waals surface area (Å²) in [5, 5.41) is 26.9. The minimum absolute atomic E-state index is 0.0664. The third-order valence-corrected chi connectivity index (χ3v) is 4.68. The van der Waals surface area contributed by atoms with Crippen molar-refractivity contribution in [1.82, 2.24) is 20.8 Å². The van der Waals surface area contributed by atoms with E-state index in [0.29, 0.717) is 12.8 Å². The van der Waals surface area contributed by atoms with E-state index in [9.17, 15) is 19.5 Å². The van der Waals surface area contributed by atoms with Crippen LogP contribution >= 0.6 is 0 Å². The molecule has 0 bridgehead atoms. The molecule has 0 aromatic carbocycles.